The molecule has 138 valence electrons. The number of para-hydroxylation sites is 1. The van der Waals surface area contributed by atoms with Gasteiger partial charge in [0.15, 0.2) is 0 Å². The monoisotopic (exact) mass is 435 g/mol. The number of hydrogen-bond acceptors (Lipinski definition) is 4. The fourth-order valence-corrected chi connectivity index (χ4v) is 4.33. The van der Waals surface area contributed by atoms with Crippen LogP contribution in [0.1, 0.15) is 23.0 Å². The Balaban J connectivity index is 1.43. The van der Waals surface area contributed by atoms with Crippen LogP contribution in [-0.2, 0) is 4.79 Å². The summed E-state index contributed by atoms with van der Waals surface area (Å²) < 4.78 is 0.893. The molecule has 1 aliphatic heterocycles. The number of thiophene rings is 1. The highest BCUT2D eigenvalue weighted by atomic mass is 79.9. The summed E-state index contributed by atoms with van der Waals surface area (Å²) in [4.78, 5) is 27.3. The Labute approximate surface area is 165 Å². The number of anilines is 1. The number of nitrogens with one attached hydrogen (secondary N) is 2. The van der Waals surface area contributed by atoms with Crippen LogP contribution in [0.15, 0.2) is 46.3 Å². The standard InChI is InChI=1S/C19H22BrN3O2S/c1-13(22-19(25)16-7-8-17(20)26-16)18(24)21-11-14-9-10-23(12-14)15-5-3-2-4-6-15/h2-8,13-14H,9-12H2,1H3,(H,21,24)(H,22,25). The Morgan fingerprint density at radius 1 is 1.27 bits per heavy atom. The van der Waals surface area contributed by atoms with E-state index >= 15 is 0 Å². The maximum absolute atomic E-state index is 12.3. The number of carbonyl (C=O) groups excluding carboxylic acids is 2. The summed E-state index contributed by atoms with van der Waals surface area (Å²) in [5.41, 5.74) is 1.23. The van der Waals surface area contributed by atoms with E-state index in [1.807, 2.05) is 24.3 Å². The third kappa shape index (κ3) is 4.86. The van der Waals surface area contributed by atoms with Crippen LogP contribution < -0.4 is 15.5 Å². The van der Waals surface area contributed by atoms with E-state index in [1.54, 1.807) is 13.0 Å². The SMILES string of the molecule is CC(NC(=O)c1ccc(Br)s1)C(=O)NCC1CCN(c2ccccc2)C1. The van der Waals surface area contributed by atoms with Crippen molar-refractivity contribution in [3.8, 4) is 0 Å². The lowest BCUT2D eigenvalue weighted by molar-refractivity contribution is -0.122. The van der Waals surface area contributed by atoms with Crippen molar-refractivity contribution in [2.45, 2.75) is 19.4 Å². The summed E-state index contributed by atoms with van der Waals surface area (Å²) in [5.74, 6) is 0.0573. The second-order valence-electron chi connectivity index (χ2n) is 6.48. The Hall–Kier alpha value is -1.86. The number of rotatable bonds is 6. The van der Waals surface area contributed by atoms with Crippen molar-refractivity contribution in [3.63, 3.8) is 0 Å². The summed E-state index contributed by atoms with van der Waals surface area (Å²) in [5, 5.41) is 5.72. The van der Waals surface area contributed by atoms with Gasteiger partial charge in [-0.1, -0.05) is 18.2 Å². The molecule has 2 atom stereocenters. The number of hydrogen-bond donors (Lipinski definition) is 2. The Kier molecular flexibility index (Phi) is 6.32. The van der Waals surface area contributed by atoms with Crippen LogP contribution >= 0.6 is 27.3 Å². The quantitative estimate of drug-likeness (QED) is 0.731. The molecule has 2 aromatic rings. The molecule has 0 radical (unpaired) electrons. The van der Waals surface area contributed by atoms with E-state index in [0.717, 1.165) is 23.3 Å². The van der Waals surface area contributed by atoms with Gasteiger partial charge in [0.25, 0.3) is 5.91 Å². The Bertz CT molecular complexity index is 765. The zero-order valence-corrected chi connectivity index (χ0v) is 17.0. The molecule has 2 unspecified atom stereocenters. The summed E-state index contributed by atoms with van der Waals surface area (Å²) in [6.07, 6.45) is 1.05. The topological polar surface area (TPSA) is 61.4 Å². The highest BCUT2D eigenvalue weighted by molar-refractivity contribution is 9.11. The third-order valence-electron chi connectivity index (χ3n) is 4.51. The lowest BCUT2D eigenvalue weighted by Gasteiger charge is -2.19. The maximum Gasteiger partial charge on any atom is 0.262 e. The van der Waals surface area contributed by atoms with Gasteiger partial charge in [-0.25, -0.2) is 0 Å². The van der Waals surface area contributed by atoms with Crippen LogP contribution in [0, 0.1) is 5.92 Å². The first kappa shape index (κ1) is 18.9. The Morgan fingerprint density at radius 3 is 2.73 bits per heavy atom. The molecule has 0 bridgehead atoms. The first-order chi connectivity index (χ1) is 12.5. The van der Waals surface area contributed by atoms with E-state index in [2.05, 4.69) is 43.6 Å². The van der Waals surface area contributed by atoms with Gasteiger partial charge in [0.05, 0.1) is 8.66 Å². The molecule has 1 aromatic heterocycles. The molecule has 2 heterocycles. The van der Waals surface area contributed by atoms with Gasteiger partial charge in [-0.05, 0) is 59.5 Å². The van der Waals surface area contributed by atoms with Gasteiger partial charge in [-0.2, -0.15) is 0 Å². The van der Waals surface area contributed by atoms with Gasteiger partial charge >= 0.3 is 0 Å². The molecule has 0 spiro atoms. The minimum atomic E-state index is -0.560. The van der Waals surface area contributed by atoms with Gasteiger partial charge in [0, 0.05) is 25.3 Å². The molecule has 7 heteroatoms. The highest BCUT2D eigenvalue weighted by Crippen LogP contribution is 2.23. The van der Waals surface area contributed by atoms with Gasteiger partial charge in [0.1, 0.15) is 6.04 Å². The number of amides is 2. The Morgan fingerprint density at radius 2 is 2.04 bits per heavy atom. The molecule has 2 amide bonds. The van der Waals surface area contributed by atoms with Crippen molar-refractivity contribution in [1.82, 2.24) is 10.6 Å². The average Bonchev–Trinajstić information content (AvgIpc) is 3.29. The lowest BCUT2D eigenvalue weighted by atomic mass is 10.1. The second-order valence-corrected chi connectivity index (χ2v) is 8.94. The molecular formula is C19H22BrN3O2S. The number of nitrogens with zero attached hydrogens (tertiary/aromatic N) is 1. The van der Waals surface area contributed by atoms with E-state index in [1.165, 1.54) is 17.0 Å². The molecule has 26 heavy (non-hydrogen) atoms. The minimum Gasteiger partial charge on any atom is -0.371 e. The summed E-state index contributed by atoms with van der Waals surface area (Å²) in [6.45, 7) is 4.28. The average molecular weight is 436 g/mol. The first-order valence-corrected chi connectivity index (χ1v) is 10.3. The molecule has 1 aromatic carbocycles. The summed E-state index contributed by atoms with van der Waals surface area (Å²) in [7, 11) is 0. The van der Waals surface area contributed by atoms with Gasteiger partial charge in [-0.15, -0.1) is 11.3 Å². The zero-order chi connectivity index (χ0) is 18.5. The predicted octanol–water partition coefficient (Wildman–Crippen LogP) is 3.27. The van der Waals surface area contributed by atoms with Crippen LogP contribution in [-0.4, -0.2) is 37.5 Å². The second kappa shape index (κ2) is 8.68. The molecule has 5 nitrogen and oxygen atoms in total. The van der Waals surface area contributed by atoms with Crippen molar-refractivity contribution < 1.29 is 9.59 Å². The number of benzene rings is 1. The van der Waals surface area contributed by atoms with Gasteiger partial charge in [-0.3, -0.25) is 9.59 Å². The molecule has 2 N–H and O–H groups in total. The number of halogens is 1. The first-order valence-electron chi connectivity index (χ1n) is 8.67. The molecule has 3 rings (SSSR count). The van der Waals surface area contributed by atoms with Crippen molar-refractivity contribution in [1.29, 1.82) is 0 Å². The molecule has 1 saturated heterocycles. The normalized spacial score (nSPS) is 17.8. The van der Waals surface area contributed by atoms with E-state index in [4.69, 9.17) is 0 Å². The molecule has 1 fully saturated rings. The van der Waals surface area contributed by atoms with Crippen molar-refractivity contribution in [2.24, 2.45) is 5.92 Å². The lowest BCUT2D eigenvalue weighted by Crippen LogP contribution is -2.46. The molecule has 1 aliphatic rings. The smallest absolute Gasteiger partial charge is 0.262 e. The summed E-state index contributed by atoms with van der Waals surface area (Å²) >= 11 is 4.68. The fourth-order valence-electron chi connectivity index (χ4n) is 3.04. The van der Waals surface area contributed by atoms with E-state index in [9.17, 15) is 9.59 Å². The molecule has 0 saturated carbocycles. The van der Waals surface area contributed by atoms with E-state index in [-0.39, 0.29) is 11.8 Å². The summed E-state index contributed by atoms with van der Waals surface area (Å²) in [6, 6.07) is 13.3. The third-order valence-corrected chi connectivity index (χ3v) is 6.13. The number of carbonyl (C=O) groups is 2. The fraction of sp³-hybridized carbons (Fsp3) is 0.368. The van der Waals surface area contributed by atoms with Crippen LogP contribution in [0.2, 0.25) is 0 Å². The highest BCUT2D eigenvalue weighted by Gasteiger charge is 2.24. The predicted molar refractivity (Wildman–Crippen MR) is 109 cm³/mol. The molecule has 0 aliphatic carbocycles. The van der Waals surface area contributed by atoms with Crippen LogP contribution in [0.3, 0.4) is 0 Å². The maximum atomic E-state index is 12.3. The van der Waals surface area contributed by atoms with E-state index in [0.29, 0.717) is 17.3 Å². The van der Waals surface area contributed by atoms with Crippen LogP contribution in [0.25, 0.3) is 0 Å². The zero-order valence-electron chi connectivity index (χ0n) is 14.6. The van der Waals surface area contributed by atoms with Gasteiger partial charge < -0.3 is 15.5 Å². The van der Waals surface area contributed by atoms with Crippen molar-refractivity contribution >= 4 is 44.8 Å². The van der Waals surface area contributed by atoms with Crippen molar-refractivity contribution in [2.75, 3.05) is 24.5 Å². The van der Waals surface area contributed by atoms with Crippen LogP contribution in [0.4, 0.5) is 5.69 Å². The largest absolute Gasteiger partial charge is 0.371 e. The minimum absolute atomic E-state index is 0.146. The molecular weight excluding hydrogens is 414 g/mol. The van der Waals surface area contributed by atoms with Crippen molar-refractivity contribution in [3.05, 3.63) is 51.1 Å². The van der Waals surface area contributed by atoms with Crippen LogP contribution in [0.5, 0.6) is 0 Å². The van der Waals surface area contributed by atoms with E-state index < -0.39 is 6.04 Å². The van der Waals surface area contributed by atoms with Gasteiger partial charge in [0.2, 0.25) is 5.91 Å².